The van der Waals surface area contributed by atoms with Gasteiger partial charge in [0.15, 0.2) is 5.76 Å². The first-order chi connectivity index (χ1) is 14.2. The molecule has 1 aromatic heterocycles. The quantitative estimate of drug-likeness (QED) is 0.485. The Labute approximate surface area is 175 Å². The average Bonchev–Trinajstić information content (AvgIpc) is 3.32. The summed E-state index contributed by atoms with van der Waals surface area (Å²) in [5, 5.41) is 28.9. The van der Waals surface area contributed by atoms with Crippen molar-refractivity contribution in [2.45, 2.75) is 58.2 Å². The molecule has 2 heterocycles. The van der Waals surface area contributed by atoms with Crippen LogP contribution >= 0.6 is 0 Å². The molecule has 2 amide bonds. The number of amides is 2. The summed E-state index contributed by atoms with van der Waals surface area (Å²) in [4.78, 5) is 26.7. The number of hydrogen-bond donors (Lipinski definition) is 4. The Morgan fingerprint density at radius 2 is 2.00 bits per heavy atom. The predicted molar refractivity (Wildman–Crippen MR) is 109 cm³/mol. The lowest BCUT2D eigenvalue weighted by molar-refractivity contribution is -0.140. The van der Waals surface area contributed by atoms with Crippen molar-refractivity contribution in [3.05, 3.63) is 41.7 Å². The number of rotatable bonds is 7. The van der Waals surface area contributed by atoms with E-state index in [9.17, 15) is 19.8 Å². The Kier molecular flexibility index (Phi) is 6.86. The molecular weight excluding hydrogens is 388 g/mol. The predicted octanol–water partition coefficient (Wildman–Crippen LogP) is 0.544. The molecule has 162 valence electrons. The van der Waals surface area contributed by atoms with Gasteiger partial charge in [-0.2, -0.15) is 0 Å². The van der Waals surface area contributed by atoms with Gasteiger partial charge in [-0.15, -0.1) is 0 Å². The molecule has 4 atom stereocenters. The smallest absolute Gasteiger partial charge is 0.243 e. The largest absolute Gasteiger partial charge is 0.391 e. The van der Waals surface area contributed by atoms with E-state index in [-0.39, 0.29) is 31.3 Å². The number of benzene rings is 1. The molecule has 4 unspecified atom stereocenters. The van der Waals surface area contributed by atoms with Crippen LogP contribution in [0.1, 0.15) is 31.6 Å². The van der Waals surface area contributed by atoms with Crippen LogP contribution in [0.5, 0.6) is 0 Å². The minimum Gasteiger partial charge on any atom is -0.391 e. The third-order valence-corrected chi connectivity index (χ3v) is 5.07. The van der Waals surface area contributed by atoms with E-state index < -0.39 is 24.4 Å². The Morgan fingerprint density at radius 3 is 2.67 bits per heavy atom. The number of carbonyl (C=O) groups is 2. The molecular formula is C21H28N4O5. The lowest BCUT2D eigenvalue weighted by Gasteiger charge is -2.27. The Hall–Kier alpha value is -2.75. The number of nitrogens with zero attached hydrogens (tertiary/aromatic N) is 2. The Morgan fingerprint density at radius 1 is 1.30 bits per heavy atom. The van der Waals surface area contributed by atoms with Crippen molar-refractivity contribution in [2.75, 3.05) is 6.54 Å². The maximum Gasteiger partial charge on any atom is 0.243 e. The number of likely N-dealkylation sites (tertiary alicyclic amines) is 1. The van der Waals surface area contributed by atoms with Gasteiger partial charge in [0.05, 0.1) is 18.7 Å². The van der Waals surface area contributed by atoms with Gasteiger partial charge in [0.25, 0.3) is 0 Å². The molecule has 0 aliphatic carbocycles. The summed E-state index contributed by atoms with van der Waals surface area (Å²) in [6.45, 7) is 5.31. The molecule has 9 heteroatoms. The third-order valence-electron chi connectivity index (χ3n) is 5.07. The zero-order chi connectivity index (χ0) is 21.8. The number of β-amino-alcohol motifs (C(OH)–C–C–N with tert-alkyl or cyclic N) is 1. The fourth-order valence-corrected chi connectivity index (χ4v) is 3.54. The summed E-state index contributed by atoms with van der Waals surface area (Å²) in [5.74, 6) is -0.245. The van der Waals surface area contributed by atoms with Crippen molar-refractivity contribution in [3.8, 4) is 11.3 Å². The fraction of sp³-hybridized carbons (Fsp3) is 0.476. The summed E-state index contributed by atoms with van der Waals surface area (Å²) >= 11 is 0. The van der Waals surface area contributed by atoms with Crippen LogP contribution in [0.15, 0.2) is 34.9 Å². The molecule has 0 spiro atoms. The highest BCUT2D eigenvalue weighted by Crippen LogP contribution is 2.21. The van der Waals surface area contributed by atoms with Gasteiger partial charge in [-0.25, -0.2) is 0 Å². The Balaban J connectivity index is 1.60. The van der Waals surface area contributed by atoms with Crippen LogP contribution < -0.4 is 10.6 Å². The second-order valence-electron chi connectivity index (χ2n) is 7.72. The van der Waals surface area contributed by atoms with E-state index in [4.69, 9.17) is 4.52 Å². The molecule has 1 fully saturated rings. The van der Waals surface area contributed by atoms with Crippen LogP contribution in [0.4, 0.5) is 0 Å². The van der Waals surface area contributed by atoms with E-state index in [0.29, 0.717) is 11.5 Å². The first kappa shape index (κ1) is 21.9. The SMILES string of the molecule is Cc1ccc(-c2cc(CNC(=O)C3CC(O)CN3C(=O)C(C)NC(C)O)on2)cc1. The molecule has 3 rings (SSSR count). The van der Waals surface area contributed by atoms with E-state index in [1.54, 1.807) is 13.0 Å². The molecule has 1 aromatic carbocycles. The average molecular weight is 416 g/mol. The molecule has 2 aromatic rings. The van der Waals surface area contributed by atoms with E-state index in [1.807, 2.05) is 31.2 Å². The number of nitrogens with one attached hydrogen (secondary N) is 2. The molecule has 30 heavy (non-hydrogen) atoms. The highest BCUT2D eigenvalue weighted by molar-refractivity contribution is 5.90. The minimum atomic E-state index is -0.863. The standard InChI is InChI=1S/C21H28N4O5/c1-12-4-6-15(7-5-12)18-9-17(30-24-18)10-22-20(28)19-8-16(27)11-25(19)21(29)13(2)23-14(3)26/h4-7,9,13-14,16,19,23,26-27H,8,10-11H2,1-3H3,(H,22,28). The lowest BCUT2D eigenvalue weighted by Crippen LogP contribution is -2.52. The van der Waals surface area contributed by atoms with Crippen molar-refractivity contribution in [2.24, 2.45) is 0 Å². The molecule has 1 saturated heterocycles. The molecule has 0 saturated carbocycles. The van der Waals surface area contributed by atoms with Crippen molar-refractivity contribution in [1.82, 2.24) is 20.7 Å². The summed E-state index contributed by atoms with van der Waals surface area (Å²) in [6, 6.07) is 8.14. The lowest BCUT2D eigenvalue weighted by atomic mass is 10.1. The molecule has 1 aliphatic heterocycles. The van der Waals surface area contributed by atoms with E-state index in [2.05, 4.69) is 15.8 Å². The zero-order valence-electron chi connectivity index (χ0n) is 17.3. The van der Waals surface area contributed by atoms with E-state index >= 15 is 0 Å². The van der Waals surface area contributed by atoms with Crippen molar-refractivity contribution < 1.29 is 24.3 Å². The van der Waals surface area contributed by atoms with Gasteiger partial charge >= 0.3 is 0 Å². The molecule has 4 N–H and O–H groups in total. The van der Waals surface area contributed by atoms with Gasteiger partial charge < -0.3 is 25.0 Å². The number of carbonyl (C=O) groups excluding carboxylic acids is 2. The van der Waals surface area contributed by atoms with E-state index in [1.165, 1.54) is 11.8 Å². The van der Waals surface area contributed by atoms with Crippen molar-refractivity contribution in [1.29, 1.82) is 0 Å². The summed E-state index contributed by atoms with van der Waals surface area (Å²) < 4.78 is 5.31. The van der Waals surface area contributed by atoms with Crippen LogP contribution in [0.3, 0.4) is 0 Å². The second-order valence-corrected chi connectivity index (χ2v) is 7.72. The number of aliphatic hydroxyl groups excluding tert-OH is 2. The molecule has 9 nitrogen and oxygen atoms in total. The third kappa shape index (κ3) is 5.24. The summed E-state index contributed by atoms with van der Waals surface area (Å²) in [5.41, 5.74) is 2.73. The van der Waals surface area contributed by atoms with Gasteiger partial charge in [0, 0.05) is 24.6 Å². The van der Waals surface area contributed by atoms with Crippen molar-refractivity contribution in [3.63, 3.8) is 0 Å². The van der Waals surface area contributed by atoms with Crippen LogP contribution in [0.2, 0.25) is 0 Å². The highest BCUT2D eigenvalue weighted by atomic mass is 16.5. The van der Waals surface area contributed by atoms with Crippen LogP contribution in [0, 0.1) is 6.92 Å². The highest BCUT2D eigenvalue weighted by Gasteiger charge is 2.40. The number of aryl methyl sites for hydroxylation is 1. The van der Waals surface area contributed by atoms with Crippen LogP contribution in [0.25, 0.3) is 11.3 Å². The van der Waals surface area contributed by atoms with Gasteiger partial charge in [-0.1, -0.05) is 35.0 Å². The molecule has 1 aliphatic rings. The van der Waals surface area contributed by atoms with Gasteiger partial charge in [0.1, 0.15) is 18.0 Å². The Bertz CT molecular complexity index is 880. The van der Waals surface area contributed by atoms with E-state index in [0.717, 1.165) is 11.1 Å². The first-order valence-corrected chi connectivity index (χ1v) is 9.97. The number of aliphatic hydroxyl groups is 2. The van der Waals surface area contributed by atoms with Gasteiger partial charge in [0.2, 0.25) is 11.8 Å². The van der Waals surface area contributed by atoms with Crippen LogP contribution in [-0.2, 0) is 16.1 Å². The van der Waals surface area contributed by atoms with Crippen LogP contribution in [-0.4, -0.2) is 63.0 Å². The molecule has 0 bridgehead atoms. The first-order valence-electron chi connectivity index (χ1n) is 9.97. The number of hydrogen-bond acceptors (Lipinski definition) is 7. The van der Waals surface area contributed by atoms with Gasteiger partial charge in [-0.05, 0) is 20.8 Å². The fourth-order valence-electron chi connectivity index (χ4n) is 3.54. The van der Waals surface area contributed by atoms with Gasteiger partial charge in [-0.3, -0.25) is 14.9 Å². The monoisotopic (exact) mass is 416 g/mol. The minimum absolute atomic E-state index is 0.0721. The normalized spacial score (nSPS) is 20.8. The summed E-state index contributed by atoms with van der Waals surface area (Å²) in [7, 11) is 0. The number of aromatic nitrogens is 1. The zero-order valence-corrected chi connectivity index (χ0v) is 17.3. The van der Waals surface area contributed by atoms with Crippen molar-refractivity contribution >= 4 is 11.8 Å². The maximum absolute atomic E-state index is 12.7. The topological polar surface area (TPSA) is 128 Å². The maximum atomic E-state index is 12.7. The molecule has 0 radical (unpaired) electrons. The second kappa shape index (κ2) is 9.38. The summed E-state index contributed by atoms with van der Waals surface area (Å²) in [6.07, 6.45) is -1.48.